The van der Waals surface area contributed by atoms with Gasteiger partial charge in [0, 0.05) is 36.1 Å². The van der Waals surface area contributed by atoms with E-state index in [9.17, 15) is 26.4 Å². The van der Waals surface area contributed by atoms with E-state index < -0.39 is 33.8 Å². The van der Waals surface area contributed by atoms with Crippen molar-refractivity contribution in [3.8, 4) is 0 Å². The highest BCUT2D eigenvalue weighted by Crippen LogP contribution is 2.33. The molecule has 7 nitrogen and oxygen atoms in total. The molecule has 2 atom stereocenters. The van der Waals surface area contributed by atoms with Gasteiger partial charge in [0.25, 0.3) is 0 Å². The third kappa shape index (κ3) is 4.62. The summed E-state index contributed by atoms with van der Waals surface area (Å²) in [6.07, 6.45) is -3.90. The molecule has 34 heavy (non-hydrogen) atoms. The molecule has 0 bridgehead atoms. The molecule has 0 saturated carbocycles. The number of carbonyl (C=O) groups is 1. The number of rotatable bonds is 5. The molecule has 182 valence electrons. The average Bonchev–Trinajstić information content (AvgIpc) is 3.16. The van der Waals surface area contributed by atoms with Crippen LogP contribution in [0.5, 0.6) is 0 Å². The van der Waals surface area contributed by atoms with E-state index in [2.05, 4.69) is 4.98 Å². The lowest BCUT2D eigenvalue weighted by molar-refractivity contribution is -0.138. The van der Waals surface area contributed by atoms with Crippen LogP contribution in [0, 0.1) is 0 Å². The summed E-state index contributed by atoms with van der Waals surface area (Å²) < 4.78 is 67.7. The van der Waals surface area contributed by atoms with Crippen LogP contribution in [0.15, 0.2) is 46.8 Å². The lowest BCUT2D eigenvalue weighted by atomic mass is 10.1. The van der Waals surface area contributed by atoms with Gasteiger partial charge < -0.3 is 10.0 Å². The number of piperazine rings is 1. The van der Waals surface area contributed by atoms with E-state index in [1.807, 2.05) is 0 Å². The topological polar surface area (TPSA) is 90.8 Å². The van der Waals surface area contributed by atoms with E-state index in [-0.39, 0.29) is 30.4 Å². The molecular formula is C22H22F3N3O4S2. The number of nitrogens with zero attached hydrogens (tertiary/aromatic N) is 3. The van der Waals surface area contributed by atoms with Crippen LogP contribution < -0.4 is 4.90 Å². The minimum absolute atomic E-state index is 0.0743. The Morgan fingerprint density at radius 1 is 1.18 bits per heavy atom. The van der Waals surface area contributed by atoms with E-state index in [0.29, 0.717) is 16.8 Å². The Hall–Kier alpha value is -2.70. The summed E-state index contributed by atoms with van der Waals surface area (Å²) in [6, 6.07) is 6.16. The second-order valence-corrected chi connectivity index (χ2v) is 11.1. The zero-order chi connectivity index (χ0) is 24.8. The van der Waals surface area contributed by atoms with Gasteiger partial charge >= 0.3 is 12.1 Å². The molecule has 0 amide bonds. The van der Waals surface area contributed by atoms with E-state index in [4.69, 9.17) is 5.11 Å². The normalized spacial score (nSPS) is 20.1. The van der Waals surface area contributed by atoms with Gasteiger partial charge in [-0.3, -0.25) is 4.79 Å². The molecule has 1 fully saturated rings. The number of hydrogen-bond acceptors (Lipinski definition) is 6. The van der Waals surface area contributed by atoms with Crippen molar-refractivity contribution in [3.63, 3.8) is 0 Å². The molecule has 3 aromatic rings. The van der Waals surface area contributed by atoms with Gasteiger partial charge in [0.05, 0.1) is 16.9 Å². The first kappa shape index (κ1) is 24.4. The Morgan fingerprint density at radius 3 is 2.53 bits per heavy atom. The van der Waals surface area contributed by atoms with Gasteiger partial charge in [-0.25, -0.2) is 13.4 Å². The summed E-state index contributed by atoms with van der Waals surface area (Å²) in [5.41, 5.74) is -0.284. The van der Waals surface area contributed by atoms with Gasteiger partial charge in [-0.15, -0.1) is 11.3 Å². The number of hydrogen-bond donors (Lipinski definition) is 1. The number of aromatic nitrogens is 1. The fourth-order valence-corrected chi connectivity index (χ4v) is 6.80. The smallest absolute Gasteiger partial charge is 0.417 e. The maximum absolute atomic E-state index is 13.5. The van der Waals surface area contributed by atoms with Crippen LogP contribution in [-0.2, 0) is 27.4 Å². The number of alkyl halides is 3. The maximum Gasteiger partial charge on any atom is 0.417 e. The van der Waals surface area contributed by atoms with Crippen LogP contribution in [0.25, 0.3) is 10.1 Å². The Morgan fingerprint density at radius 2 is 1.91 bits per heavy atom. The molecule has 1 aliphatic rings. The number of sulfonamides is 1. The first-order valence-electron chi connectivity index (χ1n) is 10.4. The molecule has 2 aromatic heterocycles. The number of anilines is 1. The molecule has 12 heteroatoms. The first-order chi connectivity index (χ1) is 15.9. The first-order valence-corrected chi connectivity index (χ1v) is 12.7. The summed E-state index contributed by atoms with van der Waals surface area (Å²) in [5.74, 6) is -0.647. The molecule has 0 radical (unpaired) electrons. The Bertz CT molecular complexity index is 1320. The van der Waals surface area contributed by atoms with Crippen molar-refractivity contribution in [2.24, 2.45) is 0 Å². The predicted octanol–water partition coefficient (Wildman–Crippen LogP) is 4.23. The van der Waals surface area contributed by atoms with Crippen LogP contribution in [0.2, 0.25) is 0 Å². The second kappa shape index (κ2) is 8.82. The monoisotopic (exact) mass is 513 g/mol. The summed E-state index contributed by atoms with van der Waals surface area (Å²) in [4.78, 5) is 17.0. The molecule has 3 heterocycles. The van der Waals surface area contributed by atoms with Crippen molar-refractivity contribution < 1.29 is 31.5 Å². The molecule has 1 aromatic carbocycles. The number of carboxylic acid groups (broad SMARTS) is 1. The van der Waals surface area contributed by atoms with Crippen molar-refractivity contribution in [3.05, 3.63) is 53.0 Å². The van der Waals surface area contributed by atoms with Gasteiger partial charge in [-0.05, 0) is 60.5 Å². The van der Waals surface area contributed by atoms with Crippen LogP contribution in [0.1, 0.15) is 25.0 Å². The Kier molecular flexibility index (Phi) is 6.34. The number of fused-ring (bicyclic) bond motifs is 1. The number of aliphatic carboxylic acids is 1. The lowest BCUT2D eigenvalue weighted by Gasteiger charge is -2.43. The van der Waals surface area contributed by atoms with Crippen LogP contribution in [0.4, 0.5) is 19.0 Å². The Labute approximate surface area is 198 Å². The van der Waals surface area contributed by atoms with Crippen molar-refractivity contribution in [1.82, 2.24) is 9.29 Å². The SMILES string of the molecule is CC1CN(S(=O)(=O)c2ccc3scc(CC(=O)O)c3c2)C(C)CN1c1ccc(C(F)(F)F)cn1. The van der Waals surface area contributed by atoms with Crippen molar-refractivity contribution in [2.75, 3.05) is 18.0 Å². The molecule has 0 spiro atoms. The fraction of sp³-hybridized carbons (Fsp3) is 0.364. The molecule has 4 rings (SSSR count). The summed E-state index contributed by atoms with van der Waals surface area (Å²) >= 11 is 1.36. The maximum atomic E-state index is 13.5. The molecular weight excluding hydrogens is 491 g/mol. The summed E-state index contributed by atoms with van der Waals surface area (Å²) in [6.45, 7) is 3.90. The molecule has 1 N–H and O–H groups in total. The molecule has 2 unspecified atom stereocenters. The van der Waals surface area contributed by atoms with Crippen LogP contribution in [0.3, 0.4) is 0 Å². The van der Waals surface area contributed by atoms with Crippen LogP contribution >= 0.6 is 11.3 Å². The van der Waals surface area contributed by atoms with Gasteiger partial charge in [-0.2, -0.15) is 17.5 Å². The average molecular weight is 514 g/mol. The van der Waals surface area contributed by atoms with Gasteiger partial charge in [0.1, 0.15) is 5.82 Å². The second-order valence-electron chi connectivity index (χ2n) is 8.32. The summed E-state index contributed by atoms with van der Waals surface area (Å²) in [5, 5.41) is 11.4. The third-order valence-corrected chi connectivity index (χ3v) is 8.86. The molecule has 1 saturated heterocycles. The van der Waals surface area contributed by atoms with Gasteiger partial charge in [0.2, 0.25) is 10.0 Å². The van der Waals surface area contributed by atoms with Gasteiger partial charge in [-0.1, -0.05) is 0 Å². The predicted molar refractivity (Wildman–Crippen MR) is 123 cm³/mol. The largest absolute Gasteiger partial charge is 0.481 e. The molecule has 1 aliphatic heterocycles. The Balaban J connectivity index is 1.59. The quantitative estimate of drug-likeness (QED) is 0.549. The number of thiophene rings is 1. The van der Waals surface area contributed by atoms with E-state index in [1.54, 1.807) is 30.2 Å². The van der Waals surface area contributed by atoms with Crippen LogP contribution in [-0.4, -0.2) is 54.0 Å². The van der Waals surface area contributed by atoms with Crippen molar-refractivity contribution >= 4 is 43.2 Å². The minimum Gasteiger partial charge on any atom is -0.481 e. The number of benzene rings is 1. The van der Waals surface area contributed by atoms with E-state index >= 15 is 0 Å². The number of halogens is 3. The number of carboxylic acids is 1. The highest BCUT2D eigenvalue weighted by atomic mass is 32.2. The fourth-order valence-electron chi connectivity index (χ4n) is 4.13. The lowest BCUT2D eigenvalue weighted by Crippen LogP contribution is -2.58. The molecule has 0 aliphatic carbocycles. The zero-order valence-corrected chi connectivity index (χ0v) is 19.9. The summed E-state index contributed by atoms with van der Waals surface area (Å²) in [7, 11) is -3.90. The van der Waals surface area contributed by atoms with Crippen molar-refractivity contribution in [2.45, 2.75) is 43.4 Å². The van der Waals surface area contributed by atoms with E-state index in [0.717, 1.165) is 17.0 Å². The highest BCUT2D eigenvalue weighted by molar-refractivity contribution is 7.89. The van der Waals surface area contributed by atoms with Gasteiger partial charge in [0.15, 0.2) is 0 Å². The third-order valence-electron chi connectivity index (χ3n) is 5.87. The van der Waals surface area contributed by atoms with E-state index in [1.165, 1.54) is 33.8 Å². The van der Waals surface area contributed by atoms with Crippen molar-refractivity contribution in [1.29, 1.82) is 0 Å². The zero-order valence-electron chi connectivity index (χ0n) is 18.3. The minimum atomic E-state index is -4.48. The highest BCUT2D eigenvalue weighted by Gasteiger charge is 2.38. The number of pyridine rings is 1. The standard InChI is InChI=1S/C22H22F3N3O4S2/c1-13-11-28(14(2)10-27(13)20-6-3-16(9-26-20)22(23,24)25)34(31,32)17-4-5-19-18(8-17)15(12-33-19)7-21(29)30/h3-6,8-9,12-14H,7,10-11H2,1-2H3,(H,29,30).